The van der Waals surface area contributed by atoms with Crippen LogP contribution in [0.1, 0.15) is 17.4 Å². The van der Waals surface area contributed by atoms with Crippen LogP contribution >= 0.6 is 0 Å². The Bertz CT molecular complexity index is 553. The molecule has 0 unspecified atom stereocenters. The Morgan fingerprint density at radius 2 is 2.29 bits per heavy atom. The topological polar surface area (TPSA) is 90.5 Å². The molecule has 0 saturated heterocycles. The van der Waals surface area contributed by atoms with E-state index in [0.717, 1.165) is 16.6 Å². The van der Waals surface area contributed by atoms with Crippen molar-refractivity contribution in [2.75, 3.05) is 13.1 Å². The molecule has 1 aromatic rings. The summed E-state index contributed by atoms with van der Waals surface area (Å²) in [6, 6.07) is 1.07. The lowest BCUT2D eigenvalue weighted by atomic mass is 10.4. The number of H-pyrrole nitrogens is 1. The van der Waals surface area contributed by atoms with Crippen molar-refractivity contribution in [3.8, 4) is 12.3 Å². The lowest BCUT2D eigenvalue weighted by Crippen LogP contribution is -2.31. The minimum Gasteiger partial charge on any atom is -0.477 e. The van der Waals surface area contributed by atoms with E-state index < -0.39 is 16.0 Å². The Morgan fingerprint density at radius 1 is 1.65 bits per heavy atom. The predicted molar refractivity (Wildman–Crippen MR) is 61.0 cm³/mol. The van der Waals surface area contributed by atoms with Crippen LogP contribution in [0.3, 0.4) is 0 Å². The molecule has 0 radical (unpaired) electrons. The molecule has 0 bridgehead atoms. The van der Waals surface area contributed by atoms with E-state index in [-0.39, 0.29) is 23.7 Å². The van der Waals surface area contributed by atoms with Gasteiger partial charge >= 0.3 is 5.97 Å². The summed E-state index contributed by atoms with van der Waals surface area (Å²) < 4.78 is 25.1. The zero-order valence-electron chi connectivity index (χ0n) is 9.17. The maximum atomic E-state index is 12.0. The smallest absolute Gasteiger partial charge is 0.352 e. The van der Waals surface area contributed by atoms with Gasteiger partial charge in [0.25, 0.3) is 0 Å². The molecule has 1 rings (SSSR count). The van der Waals surface area contributed by atoms with Gasteiger partial charge in [0.2, 0.25) is 10.0 Å². The monoisotopic (exact) mass is 256 g/mol. The molecule has 0 aliphatic rings. The number of hydrogen-bond donors (Lipinski definition) is 2. The molecule has 0 fully saturated rings. The summed E-state index contributed by atoms with van der Waals surface area (Å²) in [6.07, 6.45) is 6.21. The van der Waals surface area contributed by atoms with Gasteiger partial charge in [0.1, 0.15) is 10.6 Å². The minimum absolute atomic E-state index is 0.0492. The summed E-state index contributed by atoms with van der Waals surface area (Å²) in [5.74, 6) is 1.03. The summed E-state index contributed by atoms with van der Waals surface area (Å²) in [7, 11) is -3.73. The molecule has 0 atom stereocenters. The molecule has 92 valence electrons. The fourth-order valence-corrected chi connectivity index (χ4v) is 2.62. The summed E-state index contributed by atoms with van der Waals surface area (Å²) in [4.78, 5) is 12.9. The van der Waals surface area contributed by atoms with Crippen molar-refractivity contribution in [1.82, 2.24) is 9.29 Å². The number of rotatable bonds is 5. The van der Waals surface area contributed by atoms with Gasteiger partial charge in [-0.05, 0) is 6.07 Å². The Hall–Kier alpha value is -1.78. The third kappa shape index (κ3) is 2.67. The van der Waals surface area contributed by atoms with Crippen molar-refractivity contribution in [2.45, 2.75) is 11.8 Å². The molecule has 1 heterocycles. The maximum absolute atomic E-state index is 12.0. The number of nitrogens with one attached hydrogen (secondary N) is 1. The Morgan fingerprint density at radius 3 is 2.71 bits per heavy atom. The third-order valence-corrected chi connectivity index (χ3v) is 4.04. The first kappa shape index (κ1) is 13.3. The van der Waals surface area contributed by atoms with Gasteiger partial charge in [-0.15, -0.1) is 6.42 Å². The molecular formula is C10H12N2O4S. The zero-order chi connectivity index (χ0) is 13.1. The fourth-order valence-electron chi connectivity index (χ4n) is 1.26. The highest BCUT2D eigenvalue weighted by atomic mass is 32.2. The fraction of sp³-hybridized carbons (Fsp3) is 0.300. The van der Waals surface area contributed by atoms with Crippen LogP contribution in [-0.2, 0) is 10.0 Å². The van der Waals surface area contributed by atoms with Crippen LogP contribution in [0.5, 0.6) is 0 Å². The highest BCUT2D eigenvalue weighted by Gasteiger charge is 2.24. The van der Waals surface area contributed by atoms with Gasteiger partial charge in [-0.2, -0.15) is 4.31 Å². The maximum Gasteiger partial charge on any atom is 0.352 e. The number of carboxylic acid groups (broad SMARTS) is 1. The molecule has 2 N–H and O–H groups in total. The SMILES string of the molecule is C#CCN(CC)S(=O)(=O)c1c[nH]c(C(=O)O)c1. The normalized spacial score (nSPS) is 11.4. The summed E-state index contributed by atoms with van der Waals surface area (Å²) in [6.45, 7) is 1.83. The van der Waals surface area contributed by atoms with Crippen LogP contribution in [0.15, 0.2) is 17.2 Å². The number of sulfonamides is 1. The van der Waals surface area contributed by atoms with Crippen LogP contribution in [0.2, 0.25) is 0 Å². The highest BCUT2D eigenvalue weighted by molar-refractivity contribution is 7.89. The Kier molecular flexibility index (Phi) is 3.93. The summed E-state index contributed by atoms with van der Waals surface area (Å²) in [5.41, 5.74) is -0.180. The molecule has 6 nitrogen and oxygen atoms in total. The van der Waals surface area contributed by atoms with Crippen molar-refractivity contribution in [3.05, 3.63) is 18.0 Å². The molecule has 7 heteroatoms. The van der Waals surface area contributed by atoms with E-state index in [4.69, 9.17) is 11.5 Å². The van der Waals surface area contributed by atoms with Crippen LogP contribution < -0.4 is 0 Å². The molecule has 1 aromatic heterocycles. The third-order valence-electron chi connectivity index (χ3n) is 2.15. The number of carboxylic acids is 1. The van der Waals surface area contributed by atoms with E-state index in [1.165, 1.54) is 0 Å². The summed E-state index contributed by atoms with van der Waals surface area (Å²) in [5, 5.41) is 8.69. The first-order chi connectivity index (χ1) is 7.93. The summed E-state index contributed by atoms with van der Waals surface area (Å²) >= 11 is 0. The van der Waals surface area contributed by atoms with Crippen LogP contribution in [0.4, 0.5) is 0 Å². The second kappa shape index (κ2) is 5.03. The first-order valence-corrected chi connectivity index (χ1v) is 6.22. The predicted octanol–water partition coefficient (Wildman–Crippen LogP) is 0.357. The Labute approximate surface area is 99.3 Å². The van der Waals surface area contributed by atoms with Crippen molar-refractivity contribution in [1.29, 1.82) is 0 Å². The van der Waals surface area contributed by atoms with Crippen molar-refractivity contribution < 1.29 is 18.3 Å². The van der Waals surface area contributed by atoms with E-state index in [9.17, 15) is 13.2 Å². The number of nitrogens with zero attached hydrogens (tertiary/aromatic N) is 1. The minimum atomic E-state index is -3.73. The number of hydrogen-bond acceptors (Lipinski definition) is 3. The van der Waals surface area contributed by atoms with E-state index in [1.54, 1.807) is 6.92 Å². The molecular weight excluding hydrogens is 244 g/mol. The van der Waals surface area contributed by atoms with Gasteiger partial charge in [-0.25, -0.2) is 13.2 Å². The molecule has 17 heavy (non-hydrogen) atoms. The van der Waals surface area contributed by atoms with Gasteiger partial charge in [0.05, 0.1) is 6.54 Å². The lowest BCUT2D eigenvalue weighted by molar-refractivity contribution is 0.0691. The van der Waals surface area contributed by atoms with Crippen LogP contribution in [0.25, 0.3) is 0 Å². The standard InChI is InChI=1S/C10H12N2O4S/c1-3-5-12(4-2)17(15,16)8-6-9(10(13)14)11-7-8/h1,6-7,11H,4-5H2,2H3,(H,13,14). The number of aromatic amines is 1. The molecule has 0 saturated carbocycles. The lowest BCUT2D eigenvalue weighted by Gasteiger charge is -2.16. The molecule has 0 aromatic carbocycles. The van der Waals surface area contributed by atoms with Gasteiger partial charge in [0.15, 0.2) is 0 Å². The second-order valence-electron chi connectivity index (χ2n) is 3.19. The van der Waals surface area contributed by atoms with Crippen molar-refractivity contribution >= 4 is 16.0 Å². The average molecular weight is 256 g/mol. The van der Waals surface area contributed by atoms with Gasteiger partial charge in [-0.1, -0.05) is 12.8 Å². The molecule has 0 aliphatic heterocycles. The van der Waals surface area contributed by atoms with E-state index in [1.807, 2.05) is 0 Å². The molecule has 0 amide bonds. The Balaban J connectivity index is 3.12. The zero-order valence-corrected chi connectivity index (χ0v) is 9.99. The number of terminal acetylenes is 1. The van der Waals surface area contributed by atoms with Crippen molar-refractivity contribution in [2.24, 2.45) is 0 Å². The second-order valence-corrected chi connectivity index (χ2v) is 5.13. The van der Waals surface area contributed by atoms with E-state index in [0.29, 0.717) is 0 Å². The molecule has 0 spiro atoms. The molecule has 0 aliphatic carbocycles. The van der Waals surface area contributed by atoms with E-state index >= 15 is 0 Å². The van der Waals surface area contributed by atoms with Crippen LogP contribution in [0, 0.1) is 12.3 Å². The highest BCUT2D eigenvalue weighted by Crippen LogP contribution is 2.16. The van der Waals surface area contributed by atoms with Gasteiger partial charge in [-0.3, -0.25) is 0 Å². The number of aromatic nitrogens is 1. The largest absolute Gasteiger partial charge is 0.477 e. The number of carbonyl (C=O) groups is 1. The van der Waals surface area contributed by atoms with Crippen molar-refractivity contribution in [3.63, 3.8) is 0 Å². The van der Waals surface area contributed by atoms with Gasteiger partial charge < -0.3 is 10.1 Å². The van der Waals surface area contributed by atoms with Crippen LogP contribution in [-0.4, -0.2) is 41.9 Å². The quantitative estimate of drug-likeness (QED) is 0.744. The first-order valence-electron chi connectivity index (χ1n) is 4.78. The average Bonchev–Trinajstić information content (AvgIpc) is 2.75. The van der Waals surface area contributed by atoms with Gasteiger partial charge in [0, 0.05) is 12.7 Å². The van der Waals surface area contributed by atoms with E-state index in [2.05, 4.69) is 10.9 Å². The number of aromatic carboxylic acids is 1.